The summed E-state index contributed by atoms with van der Waals surface area (Å²) in [6, 6.07) is 4.80. The van der Waals surface area contributed by atoms with Crippen LogP contribution in [0.2, 0.25) is 10.0 Å². The van der Waals surface area contributed by atoms with Crippen molar-refractivity contribution in [3.8, 4) is 5.75 Å². The molecule has 1 aromatic carbocycles. The number of ether oxygens (including phenoxy) is 1. The van der Waals surface area contributed by atoms with Crippen LogP contribution in [0.4, 0.5) is 0 Å². The second-order valence-corrected chi connectivity index (χ2v) is 3.44. The lowest BCUT2D eigenvalue weighted by Crippen LogP contribution is -2.22. The predicted octanol–water partition coefficient (Wildman–Crippen LogP) is 2.85. The molecule has 0 aliphatic rings. The van der Waals surface area contributed by atoms with Crippen LogP contribution in [0.15, 0.2) is 18.2 Å². The van der Waals surface area contributed by atoms with Gasteiger partial charge in [-0.2, -0.15) is 0 Å². The van der Waals surface area contributed by atoms with Crippen LogP contribution in [-0.2, 0) is 4.79 Å². The van der Waals surface area contributed by atoms with Crippen molar-refractivity contribution in [2.24, 2.45) is 0 Å². The monoisotopic (exact) mass is 234 g/mol. The number of carboxylic acid groups (broad SMARTS) is 1. The highest BCUT2D eigenvalue weighted by Crippen LogP contribution is 2.31. The normalized spacial score (nSPS) is 12.2. The Morgan fingerprint density at radius 3 is 2.71 bits per heavy atom. The van der Waals surface area contributed by atoms with E-state index in [0.29, 0.717) is 5.02 Å². The molecule has 76 valence electrons. The minimum Gasteiger partial charge on any atom is -0.479 e. The van der Waals surface area contributed by atoms with Gasteiger partial charge in [0.05, 0.1) is 5.02 Å². The average molecular weight is 235 g/mol. The molecule has 0 radical (unpaired) electrons. The lowest BCUT2D eigenvalue weighted by atomic mass is 10.3. The third kappa shape index (κ3) is 2.53. The summed E-state index contributed by atoms with van der Waals surface area (Å²) < 4.78 is 5.07. The molecule has 0 aliphatic heterocycles. The largest absolute Gasteiger partial charge is 0.479 e. The fourth-order valence-corrected chi connectivity index (χ4v) is 1.15. The van der Waals surface area contributed by atoms with Crippen LogP contribution in [0.3, 0.4) is 0 Å². The van der Waals surface area contributed by atoms with Gasteiger partial charge in [0, 0.05) is 0 Å². The molecule has 14 heavy (non-hydrogen) atoms. The van der Waals surface area contributed by atoms with E-state index in [1.54, 1.807) is 18.2 Å². The van der Waals surface area contributed by atoms with Gasteiger partial charge in [-0.3, -0.25) is 0 Å². The van der Waals surface area contributed by atoms with Gasteiger partial charge >= 0.3 is 5.97 Å². The van der Waals surface area contributed by atoms with E-state index >= 15 is 0 Å². The number of aliphatic carboxylic acids is 1. The van der Waals surface area contributed by atoms with Crippen molar-refractivity contribution < 1.29 is 14.6 Å². The third-order valence-corrected chi connectivity index (χ3v) is 2.37. The molecular weight excluding hydrogens is 227 g/mol. The van der Waals surface area contributed by atoms with Gasteiger partial charge in [-0.15, -0.1) is 0 Å². The fourth-order valence-electron chi connectivity index (χ4n) is 0.816. The molecule has 0 saturated carbocycles. The molecule has 0 heterocycles. The van der Waals surface area contributed by atoms with E-state index in [-0.39, 0.29) is 10.8 Å². The summed E-state index contributed by atoms with van der Waals surface area (Å²) in [6.07, 6.45) is -0.953. The van der Waals surface area contributed by atoms with Gasteiger partial charge in [0.15, 0.2) is 6.10 Å². The van der Waals surface area contributed by atoms with E-state index in [0.717, 1.165) is 0 Å². The molecule has 0 spiro atoms. The summed E-state index contributed by atoms with van der Waals surface area (Å²) in [5.74, 6) is -0.782. The highest BCUT2D eigenvalue weighted by Gasteiger charge is 2.15. The summed E-state index contributed by atoms with van der Waals surface area (Å²) in [4.78, 5) is 10.5. The Morgan fingerprint density at radius 2 is 2.14 bits per heavy atom. The molecule has 1 atom stereocenters. The summed E-state index contributed by atoms with van der Waals surface area (Å²) in [7, 11) is 0. The zero-order valence-electron chi connectivity index (χ0n) is 7.33. The maximum absolute atomic E-state index is 10.5. The van der Waals surface area contributed by atoms with E-state index < -0.39 is 12.1 Å². The lowest BCUT2D eigenvalue weighted by molar-refractivity contribution is -0.144. The highest BCUT2D eigenvalue weighted by molar-refractivity contribution is 6.42. The Hall–Kier alpha value is -0.930. The van der Waals surface area contributed by atoms with E-state index in [1.165, 1.54) is 6.92 Å². The topological polar surface area (TPSA) is 46.5 Å². The third-order valence-electron chi connectivity index (χ3n) is 1.57. The lowest BCUT2D eigenvalue weighted by Gasteiger charge is -2.11. The molecule has 0 aliphatic carbocycles. The standard InChI is InChI=1S/C9H8Cl2O3/c1-5(9(12)13)14-7-4-2-3-6(10)8(7)11/h2-5H,1H3,(H,12,13)/t5-/m1/s1. The van der Waals surface area contributed by atoms with Crippen LogP contribution in [0.5, 0.6) is 5.75 Å². The second-order valence-electron chi connectivity index (χ2n) is 2.65. The molecule has 3 nitrogen and oxygen atoms in total. The molecule has 0 bridgehead atoms. The molecule has 0 saturated heterocycles. The van der Waals surface area contributed by atoms with Crippen LogP contribution in [0.1, 0.15) is 6.92 Å². The van der Waals surface area contributed by atoms with Crippen LogP contribution >= 0.6 is 23.2 Å². The summed E-state index contributed by atoms with van der Waals surface area (Å²) in [5.41, 5.74) is 0. The molecule has 1 N–H and O–H groups in total. The van der Waals surface area contributed by atoms with E-state index in [2.05, 4.69) is 0 Å². The first kappa shape index (κ1) is 11.1. The molecule has 0 amide bonds. The molecule has 1 rings (SSSR count). The summed E-state index contributed by atoms with van der Waals surface area (Å²) in [6.45, 7) is 1.42. The smallest absolute Gasteiger partial charge is 0.344 e. The predicted molar refractivity (Wildman–Crippen MR) is 54.2 cm³/mol. The molecular formula is C9H8Cl2O3. The molecule has 0 unspecified atom stereocenters. The van der Waals surface area contributed by atoms with Gasteiger partial charge in [-0.1, -0.05) is 29.3 Å². The Balaban J connectivity index is 2.87. The first-order valence-corrected chi connectivity index (χ1v) is 4.61. The maximum atomic E-state index is 10.5. The molecule has 0 aromatic heterocycles. The van der Waals surface area contributed by atoms with Crippen LogP contribution in [0, 0.1) is 0 Å². The van der Waals surface area contributed by atoms with Gasteiger partial charge in [0.1, 0.15) is 10.8 Å². The fraction of sp³-hybridized carbons (Fsp3) is 0.222. The number of rotatable bonds is 3. The van der Waals surface area contributed by atoms with Crippen molar-refractivity contribution in [3.05, 3.63) is 28.2 Å². The van der Waals surface area contributed by atoms with Crippen LogP contribution in [0.25, 0.3) is 0 Å². The second kappa shape index (κ2) is 4.53. The minimum atomic E-state index is -1.05. The van der Waals surface area contributed by atoms with Gasteiger partial charge in [0.25, 0.3) is 0 Å². The van der Waals surface area contributed by atoms with E-state index in [1.807, 2.05) is 0 Å². The quantitative estimate of drug-likeness (QED) is 0.876. The van der Waals surface area contributed by atoms with Gasteiger partial charge < -0.3 is 9.84 Å². The summed E-state index contributed by atoms with van der Waals surface area (Å²) in [5, 5.41) is 9.16. The molecule has 0 fully saturated rings. The number of carbonyl (C=O) groups is 1. The Morgan fingerprint density at radius 1 is 1.50 bits per heavy atom. The van der Waals surface area contributed by atoms with Crippen molar-refractivity contribution in [2.45, 2.75) is 13.0 Å². The van der Waals surface area contributed by atoms with Crippen molar-refractivity contribution in [3.63, 3.8) is 0 Å². The van der Waals surface area contributed by atoms with Crippen LogP contribution < -0.4 is 4.74 Å². The molecule has 5 heteroatoms. The van der Waals surface area contributed by atoms with Gasteiger partial charge in [-0.25, -0.2) is 4.79 Å². The van der Waals surface area contributed by atoms with Crippen molar-refractivity contribution in [1.82, 2.24) is 0 Å². The Labute approximate surface area is 91.2 Å². The van der Waals surface area contributed by atoms with Crippen molar-refractivity contribution >= 4 is 29.2 Å². The molecule has 1 aromatic rings. The number of hydrogen-bond donors (Lipinski definition) is 1. The number of carboxylic acids is 1. The minimum absolute atomic E-state index is 0.224. The van der Waals surface area contributed by atoms with Gasteiger partial charge in [0.2, 0.25) is 0 Å². The maximum Gasteiger partial charge on any atom is 0.344 e. The zero-order chi connectivity index (χ0) is 10.7. The highest BCUT2D eigenvalue weighted by atomic mass is 35.5. The summed E-state index contributed by atoms with van der Waals surface area (Å²) >= 11 is 11.5. The number of halogens is 2. The Bertz CT molecular complexity index is 352. The van der Waals surface area contributed by atoms with Crippen LogP contribution in [-0.4, -0.2) is 17.2 Å². The first-order chi connectivity index (χ1) is 6.52. The zero-order valence-corrected chi connectivity index (χ0v) is 8.84. The first-order valence-electron chi connectivity index (χ1n) is 3.86. The van der Waals surface area contributed by atoms with Gasteiger partial charge in [-0.05, 0) is 19.1 Å². The number of benzene rings is 1. The average Bonchev–Trinajstić information content (AvgIpc) is 2.12. The van der Waals surface area contributed by atoms with Crippen molar-refractivity contribution in [1.29, 1.82) is 0 Å². The Kier molecular flexibility index (Phi) is 3.61. The number of hydrogen-bond acceptors (Lipinski definition) is 2. The van der Waals surface area contributed by atoms with Crippen molar-refractivity contribution in [2.75, 3.05) is 0 Å². The van der Waals surface area contributed by atoms with E-state index in [9.17, 15) is 4.79 Å². The van der Waals surface area contributed by atoms with E-state index in [4.69, 9.17) is 33.0 Å². The SMILES string of the molecule is C[C@@H](Oc1cccc(Cl)c1Cl)C(=O)O.